The van der Waals surface area contributed by atoms with Gasteiger partial charge < -0.3 is 14.2 Å². The third-order valence-electron chi connectivity index (χ3n) is 9.10. The maximum Gasteiger partial charge on any atom is 0.306 e. The van der Waals surface area contributed by atoms with Crippen molar-refractivity contribution < 1.29 is 28.6 Å². The van der Waals surface area contributed by atoms with Crippen LogP contribution in [0.1, 0.15) is 207 Å². The van der Waals surface area contributed by atoms with Gasteiger partial charge in [0.2, 0.25) is 0 Å². The molecule has 1 unspecified atom stereocenters. The fourth-order valence-electron chi connectivity index (χ4n) is 5.81. The second kappa shape index (κ2) is 41.1. The van der Waals surface area contributed by atoms with Gasteiger partial charge in [0.1, 0.15) is 13.2 Å². The zero-order valence-electron chi connectivity index (χ0n) is 34.1. The van der Waals surface area contributed by atoms with E-state index in [-0.39, 0.29) is 31.1 Å². The smallest absolute Gasteiger partial charge is 0.306 e. The van der Waals surface area contributed by atoms with Crippen LogP contribution in [0.2, 0.25) is 0 Å². The summed E-state index contributed by atoms with van der Waals surface area (Å²) in [5.41, 5.74) is 0. The Balaban J connectivity index is 4.40. The molecule has 6 heteroatoms. The predicted molar refractivity (Wildman–Crippen MR) is 219 cm³/mol. The number of hydrogen-bond acceptors (Lipinski definition) is 6. The lowest BCUT2D eigenvalue weighted by molar-refractivity contribution is -0.167. The summed E-state index contributed by atoms with van der Waals surface area (Å²) < 4.78 is 16.6. The Kier molecular flexibility index (Phi) is 39.1. The van der Waals surface area contributed by atoms with E-state index in [1.165, 1.54) is 83.5 Å². The lowest BCUT2D eigenvalue weighted by Gasteiger charge is -2.18. The summed E-state index contributed by atoms with van der Waals surface area (Å²) in [5.74, 6) is -0.963. The minimum Gasteiger partial charge on any atom is -0.462 e. The van der Waals surface area contributed by atoms with Crippen LogP contribution in [0.3, 0.4) is 0 Å². The Morgan fingerprint density at radius 1 is 0.423 bits per heavy atom. The number of esters is 3. The maximum atomic E-state index is 12.6. The fourth-order valence-corrected chi connectivity index (χ4v) is 5.81. The average Bonchev–Trinajstić information content (AvgIpc) is 3.14. The second-order valence-electron chi connectivity index (χ2n) is 14.3. The molecule has 300 valence electrons. The van der Waals surface area contributed by atoms with E-state index in [4.69, 9.17) is 14.2 Å². The topological polar surface area (TPSA) is 78.9 Å². The highest BCUT2D eigenvalue weighted by atomic mass is 16.6. The highest BCUT2D eigenvalue weighted by Crippen LogP contribution is 2.14. The van der Waals surface area contributed by atoms with Crippen molar-refractivity contribution in [3.05, 3.63) is 48.6 Å². The maximum absolute atomic E-state index is 12.6. The molecule has 0 fully saturated rings. The Morgan fingerprint density at radius 2 is 0.827 bits per heavy atom. The molecule has 0 aliphatic rings. The van der Waals surface area contributed by atoms with Crippen LogP contribution in [0.15, 0.2) is 48.6 Å². The molecule has 52 heavy (non-hydrogen) atoms. The Hall–Kier alpha value is -2.63. The largest absolute Gasteiger partial charge is 0.462 e. The standard InChI is InChI=1S/C46H80O6/c1-4-7-10-13-16-19-21-22-23-25-27-30-33-36-39-45(48)51-42-43(41-50-44(47)38-35-32-29-26-18-15-12-9-6-3)52-46(49)40-37-34-31-28-24-20-17-14-11-8-5-2/h9,12,14,17-18,20,24,26,43H,4-8,10-11,13,15-16,19,21-23,25,27-42H2,1-3H3/b12-9-,17-14-,24-20-,26-18-. The molecule has 0 amide bonds. The van der Waals surface area contributed by atoms with Crippen LogP contribution in [0, 0.1) is 0 Å². The molecule has 0 heterocycles. The molecule has 1 atom stereocenters. The van der Waals surface area contributed by atoms with Crippen LogP contribution in [-0.4, -0.2) is 37.2 Å². The van der Waals surface area contributed by atoms with Crippen molar-refractivity contribution in [2.45, 2.75) is 213 Å². The molecule has 0 aromatic rings. The van der Waals surface area contributed by atoms with Gasteiger partial charge in [0, 0.05) is 19.3 Å². The van der Waals surface area contributed by atoms with E-state index in [2.05, 4.69) is 69.4 Å². The van der Waals surface area contributed by atoms with Gasteiger partial charge in [0.15, 0.2) is 6.10 Å². The molecular weight excluding hydrogens is 649 g/mol. The summed E-state index contributed by atoms with van der Waals surface area (Å²) in [7, 11) is 0. The summed E-state index contributed by atoms with van der Waals surface area (Å²) in [6.45, 7) is 6.39. The summed E-state index contributed by atoms with van der Waals surface area (Å²) >= 11 is 0. The summed E-state index contributed by atoms with van der Waals surface area (Å²) in [5, 5.41) is 0. The zero-order chi connectivity index (χ0) is 38.0. The SMILES string of the molecule is CC/C=C\C/C=C\CCCCC(=O)OCC(COC(=O)CCCCCCCCCCCCCCCC)OC(=O)CCCCC/C=C\C=C/CCCC. The molecule has 0 rings (SSSR count). The van der Waals surface area contributed by atoms with Crippen molar-refractivity contribution in [1.82, 2.24) is 0 Å². The Morgan fingerprint density at radius 3 is 1.37 bits per heavy atom. The lowest BCUT2D eigenvalue weighted by atomic mass is 10.0. The third kappa shape index (κ3) is 38.6. The number of allylic oxidation sites excluding steroid dienone is 8. The van der Waals surface area contributed by atoms with Crippen LogP contribution in [-0.2, 0) is 28.6 Å². The van der Waals surface area contributed by atoms with E-state index in [1.54, 1.807) is 0 Å². The van der Waals surface area contributed by atoms with Gasteiger partial charge >= 0.3 is 17.9 Å². The zero-order valence-corrected chi connectivity index (χ0v) is 34.1. The first-order chi connectivity index (χ1) is 25.5. The van der Waals surface area contributed by atoms with Crippen LogP contribution in [0.25, 0.3) is 0 Å². The highest BCUT2D eigenvalue weighted by Gasteiger charge is 2.19. The first kappa shape index (κ1) is 49.4. The number of ether oxygens (including phenoxy) is 3. The first-order valence-electron chi connectivity index (χ1n) is 21.7. The number of carbonyl (C=O) groups is 3. The summed E-state index contributed by atoms with van der Waals surface area (Å²) in [6, 6.07) is 0. The number of carbonyl (C=O) groups excluding carboxylic acids is 3. The van der Waals surface area contributed by atoms with Gasteiger partial charge in [0.25, 0.3) is 0 Å². The Labute approximate surface area is 320 Å². The van der Waals surface area contributed by atoms with Crippen LogP contribution < -0.4 is 0 Å². The van der Waals surface area contributed by atoms with Gasteiger partial charge in [-0.3, -0.25) is 14.4 Å². The quantitative estimate of drug-likeness (QED) is 0.0207. The number of hydrogen-bond donors (Lipinski definition) is 0. The first-order valence-corrected chi connectivity index (χ1v) is 21.7. The van der Waals surface area contributed by atoms with Crippen LogP contribution >= 0.6 is 0 Å². The van der Waals surface area contributed by atoms with E-state index in [9.17, 15) is 14.4 Å². The summed E-state index contributed by atoms with van der Waals surface area (Å²) in [4.78, 5) is 37.5. The number of unbranched alkanes of at least 4 members (excludes halogenated alkanes) is 20. The van der Waals surface area contributed by atoms with Crippen LogP contribution in [0.5, 0.6) is 0 Å². The van der Waals surface area contributed by atoms with E-state index >= 15 is 0 Å². The molecule has 0 aliphatic carbocycles. The normalized spacial score (nSPS) is 12.4. The van der Waals surface area contributed by atoms with Gasteiger partial charge in [-0.2, -0.15) is 0 Å². The highest BCUT2D eigenvalue weighted by molar-refractivity contribution is 5.71. The van der Waals surface area contributed by atoms with Gasteiger partial charge in [-0.25, -0.2) is 0 Å². The van der Waals surface area contributed by atoms with Crippen molar-refractivity contribution in [2.24, 2.45) is 0 Å². The summed E-state index contributed by atoms with van der Waals surface area (Å²) in [6.07, 6.45) is 46.8. The van der Waals surface area contributed by atoms with E-state index in [1.807, 2.05) is 0 Å². The fraction of sp³-hybridized carbons (Fsp3) is 0.761. The molecule has 0 aromatic heterocycles. The van der Waals surface area contributed by atoms with E-state index in [0.717, 1.165) is 83.5 Å². The molecule has 0 N–H and O–H groups in total. The van der Waals surface area contributed by atoms with Gasteiger partial charge in [-0.1, -0.05) is 172 Å². The molecule has 0 aromatic carbocycles. The molecule has 6 nitrogen and oxygen atoms in total. The van der Waals surface area contributed by atoms with Crippen molar-refractivity contribution in [3.63, 3.8) is 0 Å². The molecule has 0 spiro atoms. The van der Waals surface area contributed by atoms with Crippen molar-refractivity contribution in [2.75, 3.05) is 13.2 Å². The molecule has 0 bridgehead atoms. The van der Waals surface area contributed by atoms with Crippen molar-refractivity contribution in [3.8, 4) is 0 Å². The van der Waals surface area contributed by atoms with Crippen molar-refractivity contribution >= 4 is 17.9 Å². The van der Waals surface area contributed by atoms with Crippen LogP contribution in [0.4, 0.5) is 0 Å². The van der Waals surface area contributed by atoms with Gasteiger partial charge in [0.05, 0.1) is 0 Å². The molecule has 0 radical (unpaired) electrons. The third-order valence-corrected chi connectivity index (χ3v) is 9.10. The average molecular weight is 729 g/mol. The molecule has 0 aliphatic heterocycles. The predicted octanol–water partition coefficient (Wildman–Crippen LogP) is 13.6. The van der Waals surface area contributed by atoms with E-state index < -0.39 is 6.10 Å². The lowest BCUT2D eigenvalue weighted by Crippen LogP contribution is -2.30. The molecule has 0 saturated carbocycles. The van der Waals surface area contributed by atoms with E-state index in [0.29, 0.717) is 19.3 Å². The minimum atomic E-state index is -0.793. The molecular formula is C46H80O6. The monoisotopic (exact) mass is 729 g/mol. The van der Waals surface area contributed by atoms with Crippen molar-refractivity contribution in [1.29, 1.82) is 0 Å². The minimum absolute atomic E-state index is 0.0930. The van der Waals surface area contributed by atoms with Gasteiger partial charge in [-0.15, -0.1) is 0 Å². The Bertz CT molecular complexity index is 933. The second-order valence-corrected chi connectivity index (χ2v) is 14.3. The van der Waals surface area contributed by atoms with Gasteiger partial charge in [-0.05, 0) is 64.2 Å². The number of rotatable bonds is 38. The molecule has 0 saturated heterocycles.